The number of halogens is 1. The Balaban J connectivity index is 1.86. The molecule has 0 atom stereocenters. The van der Waals surface area contributed by atoms with Crippen molar-refractivity contribution in [2.45, 2.75) is 13.1 Å². The van der Waals surface area contributed by atoms with E-state index in [0.29, 0.717) is 23.6 Å². The van der Waals surface area contributed by atoms with Gasteiger partial charge in [0.05, 0.1) is 0 Å². The molecule has 0 unspecified atom stereocenters. The smallest absolute Gasteiger partial charge is 0.321 e. The third-order valence-electron chi connectivity index (χ3n) is 2.49. The van der Waals surface area contributed by atoms with Gasteiger partial charge in [-0.15, -0.1) is 0 Å². The van der Waals surface area contributed by atoms with E-state index in [0.717, 1.165) is 11.1 Å². The second-order valence-corrected chi connectivity index (χ2v) is 4.72. The number of hydrogen-bond donors (Lipinski definition) is 3. The number of rotatable bonds is 4. The summed E-state index contributed by atoms with van der Waals surface area (Å²) in [5, 5.41) is 5.33. The number of nitrogens with one attached hydrogen (secondary N) is 2. The largest absolute Gasteiger partial charge is 0.434 e. The fourth-order valence-corrected chi connectivity index (χ4v) is 1.89. The van der Waals surface area contributed by atoms with Gasteiger partial charge in [-0.3, -0.25) is 5.32 Å². The first-order chi connectivity index (χ1) is 9.17. The lowest BCUT2D eigenvalue weighted by molar-refractivity contribution is 0.251. The molecule has 1 aromatic carbocycles. The Labute approximate surface area is 119 Å². The van der Waals surface area contributed by atoms with E-state index in [2.05, 4.69) is 26.6 Å². The minimum atomic E-state index is -0.319. The number of amides is 2. The normalized spacial score (nSPS) is 10.2. The third kappa shape index (κ3) is 4.11. The quantitative estimate of drug-likeness (QED) is 0.809. The maximum absolute atomic E-state index is 11.6. The Bertz CT molecular complexity index is 569. The molecule has 1 heterocycles. The highest BCUT2D eigenvalue weighted by Gasteiger charge is 2.05. The van der Waals surface area contributed by atoms with Gasteiger partial charge in [-0.25, -0.2) is 4.79 Å². The van der Waals surface area contributed by atoms with Gasteiger partial charge in [-0.1, -0.05) is 24.3 Å². The van der Waals surface area contributed by atoms with Crippen LogP contribution in [0.4, 0.5) is 10.7 Å². The van der Waals surface area contributed by atoms with Crippen molar-refractivity contribution >= 4 is 27.8 Å². The van der Waals surface area contributed by atoms with Crippen LogP contribution in [-0.2, 0) is 13.1 Å². The Morgan fingerprint density at radius 1 is 1.26 bits per heavy atom. The van der Waals surface area contributed by atoms with Crippen LogP contribution in [0.3, 0.4) is 0 Å². The monoisotopic (exact) mass is 323 g/mol. The zero-order valence-electron chi connectivity index (χ0n) is 10.2. The molecule has 19 heavy (non-hydrogen) atoms. The standard InChI is InChI=1S/C13H14BrN3O2/c14-11-4-5-12(19-11)17-13(18)16-8-10-3-1-2-9(6-10)7-15/h1-6H,7-8,15H2,(H2,16,17,18). The first kappa shape index (κ1) is 13.6. The van der Waals surface area contributed by atoms with Crippen LogP contribution in [0.25, 0.3) is 0 Å². The second-order valence-electron chi connectivity index (χ2n) is 3.94. The summed E-state index contributed by atoms with van der Waals surface area (Å²) in [7, 11) is 0. The fraction of sp³-hybridized carbons (Fsp3) is 0.154. The first-order valence-corrected chi connectivity index (χ1v) is 6.55. The summed E-state index contributed by atoms with van der Waals surface area (Å²) in [6.07, 6.45) is 0. The van der Waals surface area contributed by atoms with Gasteiger partial charge in [-0.05, 0) is 33.1 Å². The van der Waals surface area contributed by atoms with Crippen LogP contribution in [0.2, 0.25) is 0 Å². The molecular weight excluding hydrogens is 310 g/mol. The third-order valence-corrected chi connectivity index (χ3v) is 2.92. The molecule has 0 spiro atoms. The van der Waals surface area contributed by atoms with Crippen LogP contribution in [0.15, 0.2) is 45.5 Å². The van der Waals surface area contributed by atoms with E-state index in [1.54, 1.807) is 12.1 Å². The molecule has 1 aromatic heterocycles. The molecule has 0 aliphatic heterocycles. The molecule has 0 fully saturated rings. The topological polar surface area (TPSA) is 80.3 Å². The first-order valence-electron chi connectivity index (χ1n) is 5.75. The molecule has 0 aliphatic carbocycles. The van der Waals surface area contributed by atoms with Crippen LogP contribution >= 0.6 is 15.9 Å². The number of urea groups is 1. The summed E-state index contributed by atoms with van der Waals surface area (Å²) in [5.74, 6) is 0.389. The Hall–Kier alpha value is -1.79. The van der Waals surface area contributed by atoms with E-state index in [1.807, 2.05) is 24.3 Å². The highest BCUT2D eigenvalue weighted by molar-refractivity contribution is 9.10. The highest BCUT2D eigenvalue weighted by atomic mass is 79.9. The molecule has 5 nitrogen and oxygen atoms in total. The maximum Gasteiger partial charge on any atom is 0.321 e. The molecule has 2 amide bonds. The van der Waals surface area contributed by atoms with Crippen molar-refractivity contribution in [2.24, 2.45) is 5.73 Å². The van der Waals surface area contributed by atoms with Crippen molar-refractivity contribution < 1.29 is 9.21 Å². The van der Waals surface area contributed by atoms with Crippen LogP contribution in [0, 0.1) is 0 Å². The number of anilines is 1. The van der Waals surface area contributed by atoms with Crippen molar-refractivity contribution in [3.63, 3.8) is 0 Å². The van der Waals surface area contributed by atoms with Gasteiger partial charge in [0, 0.05) is 19.2 Å². The van der Waals surface area contributed by atoms with E-state index >= 15 is 0 Å². The lowest BCUT2D eigenvalue weighted by Gasteiger charge is -2.06. The molecule has 0 saturated heterocycles. The molecular formula is C13H14BrN3O2. The predicted octanol–water partition coefficient (Wildman–Crippen LogP) is 2.82. The summed E-state index contributed by atoms with van der Waals surface area (Å²) in [6.45, 7) is 0.919. The van der Waals surface area contributed by atoms with Crippen molar-refractivity contribution in [1.82, 2.24) is 5.32 Å². The van der Waals surface area contributed by atoms with E-state index in [4.69, 9.17) is 10.2 Å². The van der Waals surface area contributed by atoms with Gasteiger partial charge in [0.1, 0.15) is 0 Å². The lowest BCUT2D eigenvalue weighted by Crippen LogP contribution is -2.28. The van der Waals surface area contributed by atoms with Gasteiger partial charge < -0.3 is 15.5 Å². The van der Waals surface area contributed by atoms with Gasteiger partial charge in [0.25, 0.3) is 0 Å². The van der Waals surface area contributed by atoms with Crippen molar-refractivity contribution in [3.05, 3.63) is 52.2 Å². The summed E-state index contributed by atoms with van der Waals surface area (Å²) in [4.78, 5) is 11.6. The molecule has 100 valence electrons. The molecule has 4 N–H and O–H groups in total. The number of nitrogens with two attached hydrogens (primary N) is 1. The molecule has 2 rings (SSSR count). The van der Waals surface area contributed by atoms with Crippen LogP contribution in [-0.4, -0.2) is 6.03 Å². The van der Waals surface area contributed by atoms with Crippen molar-refractivity contribution in [1.29, 1.82) is 0 Å². The average Bonchev–Trinajstić information content (AvgIpc) is 2.82. The van der Waals surface area contributed by atoms with Gasteiger partial charge >= 0.3 is 6.03 Å². The van der Waals surface area contributed by atoms with Gasteiger partial charge in [0.15, 0.2) is 4.67 Å². The Morgan fingerprint density at radius 2 is 2.05 bits per heavy atom. The molecule has 0 aliphatic rings. The van der Waals surface area contributed by atoms with E-state index in [-0.39, 0.29) is 6.03 Å². The second kappa shape index (κ2) is 6.40. The van der Waals surface area contributed by atoms with E-state index in [1.165, 1.54) is 0 Å². The molecule has 2 aromatic rings. The molecule has 0 bridgehead atoms. The number of hydrogen-bond acceptors (Lipinski definition) is 3. The maximum atomic E-state index is 11.6. The number of carbonyl (C=O) groups is 1. The molecule has 0 saturated carbocycles. The van der Waals surface area contributed by atoms with Crippen molar-refractivity contribution in [2.75, 3.05) is 5.32 Å². The van der Waals surface area contributed by atoms with E-state index < -0.39 is 0 Å². The van der Waals surface area contributed by atoms with E-state index in [9.17, 15) is 4.79 Å². The summed E-state index contributed by atoms with van der Waals surface area (Å²) < 4.78 is 5.74. The number of benzene rings is 1. The lowest BCUT2D eigenvalue weighted by atomic mass is 10.1. The summed E-state index contributed by atoms with van der Waals surface area (Å²) in [6, 6.07) is 10.8. The van der Waals surface area contributed by atoms with Gasteiger partial charge in [0.2, 0.25) is 5.88 Å². The Morgan fingerprint density at radius 3 is 2.74 bits per heavy atom. The summed E-state index contributed by atoms with van der Waals surface area (Å²) >= 11 is 3.16. The summed E-state index contributed by atoms with van der Waals surface area (Å²) in [5.41, 5.74) is 7.60. The fourth-order valence-electron chi connectivity index (χ4n) is 1.59. The Kier molecular flexibility index (Phi) is 4.59. The number of carbonyl (C=O) groups excluding carboxylic acids is 1. The van der Waals surface area contributed by atoms with Crippen LogP contribution in [0.5, 0.6) is 0 Å². The molecule has 0 radical (unpaired) electrons. The minimum absolute atomic E-state index is 0.319. The van der Waals surface area contributed by atoms with Crippen LogP contribution in [0.1, 0.15) is 11.1 Å². The average molecular weight is 324 g/mol. The highest BCUT2D eigenvalue weighted by Crippen LogP contribution is 2.17. The van der Waals surface area contributed by atoms with Gasteiger partial charge in [-0.2, -0.15) is 0 Å². The predicted molar refractivity (Wildman–Crippen MR) is 76.6 cm³/mol. The van der Waals surface area contributed by atoms with Crippen LogP contribution < -0.4 is 16.4 Å². The minimum Gasteiger partial charge on any atom is -0.434 e. The van der Waals surface area contributed by atoms with Crippen molar-refractivity contribution in [3.8, 4) is 0 Å². The zero-order chi connectivity index (χ0) is 13.7. The molecule has 6 heteroatoms. The SMILES string of the molecule is NCc1cccc(CNC(=O)Nc2ccc(Br)o2)c1. The zero-order valence-corrected chi connectivity index (χ0v) is 11.7. The number of furan rings is 1.